The summed E-state index contributed by atoms with van der Waals surface area (Å²) in [5.74, 6) is -0.318. The van der Waals surface area contributed by atoms with Crippen LogP contribution in [0, 0.1) is 0 Å². The van der Waals surface area contributed by atoms with Crippen LogP contribution in [0.25, 0.3) is 0 Å². The summed E-state index contributed by atoms with van der Waals surface area (Å²) in [6.45, 7) is 1.76. The molecule has 0 aliphatic heterocycles. The number of halogens is 1. The van der Waals surface area contributed by atoms with Crippen molar-refractivity contribution in [2.45, 2.75) is 17.2 Å². The molecule has 0 spiro atoms. The van der Waals surface area contributed by atoms with Gasteiger partial charge in [0.15, 0.2) is 0 Å². The monoisotopic (exact) mass is 333 g/mol. The maximum atomic E-state index is 11.9. The molecule has 0 aromatic carbocycles. The largest absolute Gasteiger partial charge is 0.343 e. The van der Waals surface area contributed by atoms with Gasteiger partial charge in [0, 0.05) is 28.8 Å². The number of hydrogen-bond donors (Lipinski definition) is 1. The van der Waals surface area contributed by atoms with Gasteiger partial charge in [0.1, 0.15) is 9.90 Å². The number of aryl methyl sites for hydroxylation is 1. The van der Waals surface area contributed by atoms with Gasteiger partial charge in [-0.3, -0.25) is 4.79 Å². The standard InChI is InChI=1S/C11H12ClN3O3S2/c1-7(9-3-4-10(19-9)20(12,17)18)14-11(16)8-5-15(2)6-13-8/h3-7H,1-2H3,(H,14,16). The van der Waals surface area contributed by atoms with Crippen molar-refractivity contribution in [3.05, 3.63) is 35.2 Å². The Morgan fingerprint density at radius 3 is 2.70 bits per heavy atom. The molecular formula is C11H12ClN3O3S2. The minimum atomic E-state index is -3.73. The Balaban J connectivity index is 2.10. The van der Waals surface area contributed by atoms with Gasteiger partial charge in [-0.25, -0.2) is 13.4 Å². The molecule has 2 aromatic rings. The fourth-order valence-corrected chi connectivity index (χ4v) is 3.67. The Hall–Kier alpha value is -1.38. The average molecular weight is 334 g/mol. The van der Waals surface area contributed by atoms with Gasteiger partial charge in [0.25, 0.3) is 15.0 Å². The Bertz CT molecular complexity index is 736. The molecule has 0 bridgehead atoms. The molecule has 1 unspecified atom stereocenters. The topological polar surface area (TPSA) is 81.1 Å². The van der Waals surface area contributed by atoms with Crippen molar-refractivity contribution in [3.8, 4) is 0 Å². The Morgan fingerprint density at radius 1 is 1.50 bits per heavy atom. The van der Waals surface area contributed by atoms with Gasteiger partial charge in [-0.2, -0.15) is 0 Å². The van der Waals surface area contributed by atoms with Gasteiger partial charge in [0.05, 0.1) is 12.4 Å². The summed E-state index contributed by atoms with van der Waals surface area (Å²) < 4.78 is 24.1. The third kappa shape index (κ3) is 3.38. The number of carbonyl (C=O) groups is 1. The first-order valence-corrected chi connectivity index (χ1v) is 8.73. The summed E-state index contributed by atoms with van der Waals surface area (Å²) >= 11 is 1.03. The minimum Gasteiger partial charge on any atom is -0.343 e. The van der Waals surface area contributed by atoms with Crippen LogP contribution in [0.4, 0.5) is 0 Å². The molecule has 1 amide bonds. The van der Waals surface area contributed by atoms with Gasteiger partial charge in [-0.1, -0.05) is 0 Å². The molecule has 0 aliphatic rings. The predicted octanol–water partition coefficient (Wildman–Crippen LogP) is 1.90. The van der Waals surface area contributed by atoms with Crippen LogP contribution >= 0.6 is 22.0 Å². The van der Waals surface area contributed by atoms with Crippen LogP contribution in [0.5, 0.6) is 0 Å². The minimum absolute atomic E-state index is 0.0631. The number of imidazole rings is 1. The highest BCUT2D eigenvalue weighted by molar-refractivity contribution is 8.15. The lowest BCUT2D eigenvalue weighted by Gasteiger charge is -2.10. The third-order valence-corrected chi connectivity index (χ3v) is 5.92. The number of amides is 1. The van der Waals surface area contributed by atoms with Gasteiger partial charge in [-0.15, -0.1) is 11.3 Å². The summed E-state index contributed by atoms with van der Waals surface area (Å²) in [6.07, 6.45) is 3.13. The molecule has 2 rings (SSSR count). The van der Waals surface area contributed by atoms with E-state index in [-0.39, 0.29) is 16.2 Å². The number of aromatic nitrogens is 2. The van der Waals surface area contributed by atoms with E-state index >= 15 is 0 Å². The molecular weight excluding hydrogens is 322 g/mol. The van der Waals surface area contributed by atoms with E-state index in [0.717, 1.165) is 11.3 Å². The lowest BCUT2D eigenvalue weighted by atomic mass is 10.2. The second-order valence-corrected chi connectivity index (χ2v) is 8.12. The molecule has 6 nitrogen and oxygen atoms in total. The van der Waals surface area contributed by atoms with Crippen molar-refractivity contribution in [2.75, 3.05) is 0 Å². The Morgan fingerprint density at radius 2 is 2.20 bits per heavy atom. The molecule has 2 heterocycles. The van der Waals surface area contributed by atoms with Crippen LogP contribution in [0.2, 0.25) is 0 Å². The van der Waals surface area contributed by atoms with Crippen molar-refractivity contribution in [1.82, 2.24) is 14.9 Å². The average Bonchev–Trinajstić information content (AvgIpc) is 2.95. The molecule has 2 aromatic heterocycles. The van der Waals surface area contributed by atoms with Crippen LogP contribution in [0.15, 0.2) is 28.9 Å². The van der Waals surface area contributed by atoms with Crippen LogP contribution in [0.3, 0.4) is 0 Å². The number of nitrogens with one attached hydrogen (secondary N) is 1. The molecule has 108 valence electrons. The normalized spacial score (nSPS) is 13.2. The van der Waals surface area contributed by atoms with Crippen LogP contribution in [-0.2, 0) is 16.1 Å². The summed E-state index contributed by atoms with van der Waals surface area (Å²) in [5, 5.41) is 2.75. The smallest absolute Gasteiger partial charge is 0.271 e. The molecule has 0 saturated carbocycles. The van der Waals surface area contributed by atoms with Crippen molar-refractivity contribution in [1.29, 1.82) is 0 Å². The summed E-state index contributed by atoms with van der Waals surface area (Å²) in [5.41, 5.74) is 0.307. The van der Waals surface area contributed by atoms with E-state index in [4.69, 9.17) is 10.7 Å². The van der Waals surface area contributed by atoms with Crippen molar-refractivity contribution in [3.63, 3.8) is 0 Å². The number of thiophene rings is 1. The van der Waals surface area contributed by atoms with E-state index in [1.165, 1.54) is 12.4 Å². The van der Waals surface area contributed by atoms with E-state index in [9.17, 15) is 13.2 Å². The lowest BCUT2D eigenvalue weighted by molar-refractivity contribution is 0.0936. The summed E-state index contributed by atoms with van der Waals surface area (Å²) in [6, 6.07) is 2.72. The Labute approximate surface area is 124 Å². The van der Waals surface area contributed by atoms with Crippen LogP contribution in [-0.4, -0.2) is 23.9 Å². The first-order chi connectivity index (χ1) is 9.27. The Kier molecular flexibility index (Phi) is 4.17. The van der Waals surface area contributed by atoms with E-state index in [0.29, 0.717) is 10.6 Å². The van der Waals surface area contributed by atoms with Gasteiger partial charge < -0.3 is 9.88 Å². The van der Waals surface area contributed by atoms with Crippen molar-refractivity contribution >= 4 is 37.0 Å². The van der Waals surface area contributed by atoms with Gasteiger partial charge in [0.2, 0.25) is 0 Å². The highest BCUT2D eigenvalue weighted by Crippen LogP contribution is 2.28. The van der Waals surface area contributed by atoms with Crippen LogP contribution < -0.4 is 5.32 Å². The zero-order valence-corrected chi connectivity index (χ0v) is 13.1. The molecule has 0 aliphatic carbocycles. The zero-order valence-electron chi connectivity index (χ0n) is 10.7. The third-order valence-electron chi connectivity index (χ3n) is 2.55. The molecule has 0 fully saturated rings. The van der Waals surface area contributed by atoms with Gasteiger partial charge >= 0.3 is 0 Å². The maximum Gasteiger partial charge on any atom is 0.271 e. The van der Waals surface area contributed by atoms with Crippen LogP contribution in [0.1, 0.15) is 28.3 Å². The van der Waals surface area contributed by atoms with E-state index < -0.39 is 9.05 Å². The fraction of sp³-hybridized carbons (Fsp3) is 0.273. The predicted molar refractivity (Wildman–Crippen MR) is 76.4 cm³/mol. The van der Waals surface area contributed by atoms with E-state index in [1.54, 1.807) is 30.8 Å². The number of carbonyl (C=O) groups excluding carboxylic acids is 1. The maximum absolute atomic E-state index is 11.9. The van der Waals surface area contributed by atoms with Crippen molar-refractivity contribution in [2.24, 2.45) is 7.05 Å². The molecule has 1 atom stereocenters. The highest BCUT2D eigenvalue weighted by Gasteiger charge is 2.18. The molecule has 20 heavy (non-hydrogen) atoms. The molecule has 0 saturated heterocycles. The fourth-order valence-electron chi connectivity index (χ4n) is 1.57. The van der Waals surface area contributed by atoms with E-state index in [1.807, 2.05) is 0 Å². The SMILES string of the molecule is CC(NC(=O)c1cn(C)cn1)c1ccc(S(=O)(=O)Cl)s1. The first-order valence-electron chi connectivity index (χ1n) is 5.60. The highest BCUT2D eigenvalue weighted by atomic mass is 35.7. The second kappa shape index (κ2) is 5.55. The lowest BCUT2D eigenvalue weighted by Crippen LogP contribution is -2.26. The quantitative estimate of drug-likeness (QED) is 0.866. The molecule has 1 N–H and O–H groups in total. The molecule has 0 radical (unpaired) electrons. The summed E-state index contributed by atoms with van der Waals surface area (Å²) in [7, 11) is 3.30. The summed E-state index contributed by atoms with van der Waals surface area (Å²) in [4.78, 5) is 16.6. The number of hydrogen-bond acceptors (Lipinski definition) is 5. The number of rotatable bonds is 4. The number of nitrogens with zero attached hydrogens (tertiary/aromatic N) is 2. The zero-order chi connectivity index (χ0) is 14.9. The molecule has 9 heteroatoms. The first kappa shape index (κ1) is 15.0. The van der Waals surface area contributed by atoms with E-state index in [2.05, 4.69) is 10.3 Å². The van der Waals surface area contributed by atoms with Crippen molar-refractivity contribution < 1.29 is 13.2 Å². The second-order valence-electron chi connectivity index (χ2n) is 4.21. The van der Waals surface area contributed by atoms with Gasteiger partial charge in [-0.05, 0) is 19.1 Å².